The van der Waals surface area contributed by atoms with Crippen LogP contribution in [0.3, 0.4) is 0 Å². The first-order valence-electron chi connectivity index (χ1n) is 12.7. The summed E-state index contributed by atoms with van der Waals surface area (Å²) >= 11 is 3.49. The summed E-state index contributed by atoms with van der Waals surface area (Å²) in [4.78, 5) is 16.2. The van der Waals surface area contributed by atoms with Crippen molar-refractivity contribution in [1.82, 2.24) is 15.0 Å². The van der Waals surface area contributed by atoms with Crippen molar-refractivity contribution in [3.63, 3.8) is 0 Å². The van der Waals surface area contributed by atoms with Crippen LogP contribution in [0.25, 0.3) is 11.0 Å². The lowest BCUT2D eigenvalue weighted by molar-refractivity contribution is 0.122. The van der Waals surface area contributed by atoms with Gasteiger partial charge in [-0.3, -0.25) is 0 Å². The maximum absolute atomic E-state index is 5.48. The Morgan fingerprint density at radius 2 is 1.61 bits per heavy atom. The van der Waals surface area contributed by atoms with E-state index in [4.69, 9.17) is 15.5 Å². The van der Waals surface area contributed by atoms with Gasteiger partial charge in [0.15, 0.2) is 5.82 Å². The van der Waals surface area contributed by atoms with Crippen molar-refractivity contribution in [2.24, 2.45) is 5.73 Å². The van der Waals surface area contributed by atoms with Crippen molar-refractivity contribution >= 4 is 38.7 Å². The molecule has 0 bridgehead atoms. The number of anilines is 2. The standard InChI is InChI=1S/C20H22BrN5O.C9H13N.CH4/c1-14-3-2-4-15(11-14)5-6-22-20-24-17-12-16(21)13-23-18(17)19(25-20)26-7-9-27-10-8-26;1-8-3-2-4-9(7-8)5-6-10;/h2-4,11-13H,5-10H2,1H3,(H,22,24,25);2-4,7H,5-6,10H2,1H3;1H4. The number of halogens is 1. The monoisotopic (exact) mass is 578 g/mol. The molecule has 0 aliphatic carbocycles. The predicted molar refractivity (Wildman–Crippen MR) is 162 cm³/mol. The molecule has 0 radical (unpaired) electrons. The predicted octanol–water partition coefficient (Wildman–Crippen LogP) is 5.72. The highest BCUT2D eigenvalue weighted by Gasteiger charge is 2.18. The molecule has 202 valence electrons. The number of ether oxygens (including phenoxy) is 1. The van der Waals surface area contributed by atoms with E-state index in [0.29, 0.717) is 19.2 Å². The van der Waals surface area contributed by atoms with Crippen molar-refractivity contribution in [2.75, 3.05) is 49.6 Å². The van der Waals surface area contributed by atoms with Crippen LogP contribution in [-0.2, 0) is 17.6 Å². The third-order valence-corrected chi connectivity index (χ3v) is 6.52. The van der Waals surface area contributed by atoms with E-state index >= 15 is 0 Å². The molecule has 1 aliphatic rings. The van der Waals surface area contributed by atoms with Crippen LogP contribution in [-0.4, -0.2) is 54.3 Å². The van der Waals surface area contributed by atoms with Gasteiger partial charge in [-0.2, -0.15) is 4.98 Å². The molecule has 2 aromatic heterocycles. The number of fused-ring (bicyclic) bond motifs is 1. The van der Waals surface area contributed by atoms with Crippen LogP contribution in [0.5, 0.6) is 0 Å². The smallest absolute Gasteiger partial charge is 0.225 e. The zero-order chi connectivity index (χ0) is 26.0. The summed E-state index contributed by atoms with van der Waals surface area (Å²) in [6.45, 7) is 8.76. The van der Waals surface area contributed by atoms with Gasteiger partial charge < -0.3 is 20.7 Å². The van der Waals surface area contributed by atoms with E-state index in [1.165, 1.54) is 22.3 Å². The zero-order valence-electron chi connectivity index (χ0n) is 21.6. The Labute approximate surface area is 235 Å². The van der Waals surface area contributed by atoms with Gasteiger partial charge in [0.05, 0.1) is 18.7 Å². The first-order valence-corrected chi connectivity index (χ1v) is 13.5. The minimum absolute atomic E-state index is 0. The Morgan fingerprint density at radius 1 is 0.947 bits per heavy atom. The molecule has 8 heteroatoms. The van der Waals surface area contributed by atoms with Crippen LogP contribution in [0, 0.1) is 13.8 Å². The van der Waals surface area contributed by atoms with E-state index < -0.39 is 0 Å². The van der Waals surface area contributed by atoms with Gasteiger partial charge in [-0.1, -0.05) is 67.1 Å². The summed E-state index contributed by atoms with van der Waals surface area (Å²) < 4.78 is 6.39. The number of aromatic nitrogens is 3. The Morgan fingerprint density at radius 3 is 2.24 bits per heavy atom. The molecular weight excluding hydrogens is 540 g/mol. The molecule has 1 saturated heterocycles. The second-order valence-electron chi connectivity index (χ2n) is 9.19. The number of morpholine rings is 1. The van der Waals surface area contributed by atoms with Gasteiger partial charge in [0, 0.05) is 30.3 Å². The third kappa shape index (κ3) is 8.48. The van der Waals surface area contributed by atoms with Crippen LogP contribution in [0.2, 0.25) is 0 Å². The molecular formula is C30H39BrN6O. The van der Waals surface area contributed by atoms with E-state index in [-0.39, 0.29) is 7.43 Å². The topological polar surface area (TPSA) is 89.2 Å². The van der Waals surface area contributed by atoms with Crippen LogP contribution < -0.4 is 16.0 Å². The average Bonchev–Trinajstić information content (AvgIpc) is 2.89. The van der Waals surface area contributed by atoms with Gasteiger partial charge >= 0.3 is 0 Å². The second-order valence-corrected chi connectivity index (χ2v) is 10.1. The zero-order valence-corrected chi connectivity index (χ0v) is 23.2. The minimum Gasteiger partial charge on any atom is -0.378 e. The van der Waals surface area contributed by atoms with Gasteiger partial charge in [-0.25, -0.2) is 9.97 Å². The quantitative estimate of drug-likeness (QED) is 0.290. The van der Waals surface area contributed by atoms with Crippen LogP contribution in [0.15, 0.2) is 65.3 Å². The Hall–Kier alpha value is -3.07. The molecule has 0 spiro atoms. The van der Waals surface area contributed by atoms with Crippen LogP contribution in [0.4, 0.5) is 11.8 Å². The minimum atomic E-state index is 0. The molecule has 0 amide bonds. The average molecular weight is 580 g/mol. The molecule has 1 aliphatic heterocycles. The van der Waals surface area contributed by atoms with Crippen LogP contribution in [0.1, 0.15) is 29.7 Å². The lowest BCUT2D eigenvalue weighted by Crippen LogP contribution is -2.37. The summed E-state index contributed by atoms with van der Waals surface area (Å²) in [7, 11) is 0. The summed E-state index contributed by atoms with van der Waals surface area (Å²) in [5, 5.41) is 3.38. The highest BCUT2D eigenvalue weighted by molar-refractivity contribution is 9.10. The second kappa shape index (κ2) is 14.8. The fourth-order valence-corrected chi connectivity index (χ4v) is 4.59. The molecule has 3 heterocycles. The summed E-state index contributed by atoms with van der Waals surface area (Å²) in [5.74, 6) is 1.51. The fourth-order valence-electron chi connectivity index (χ4n) is 4.27. The summed E-state index contributed by atoms with van der Waals surface area (Å²) in [5.41, 5.74) is 12.3. The largest absolute Gasteiger partial charge is 0.378 e. The van der Waals surface area contributed by atoms with Gasteiger partial charge in [0.2, 0.25) is 5.95 Å². The van der Waals surface area contributed by atoms with Gasteiger partial charge in [0.25, 0.3) is 0 Å². The number of hydrogen-bond donors (Lipinski definition) is 2. The van der Waals surface area contributed by atoms with Crippen molar-refractivity contribution in [3.05, 3.63) is 87.5 Å². The number of benzene rings is 2. The van der Waals surface area contributed by atoms with Crippen molar-refractivity contribution in [3.8, 4) is 0 Å². The Balaban J connectivity index is 0.000000308. The molecule has 5 rings (SSSR count). The number of nitrogens with one attached hydrogen (secondary N) is 1. The summed E-state index contributed by atoms with van der Waals surface area (Å²) in [6, 6.07) is 19.0. The highest BCUT2D eigenvalue weighted by atomic mass is 79.9. The number of aryl methyl sites for hydroxylation is 2. The van der Waals surface area contributed by atoms with Crippen molar-refractivity contribution in [2.45, 2.75) is 34.1 Å². The summed E-state index contributed by atoms with van der Waals surface area (Å²) in [6.07, 6.45) is 3.70. The molecule has 7 nitrogen and oxygen atoms in total. The number of pyridine rings is 1. The fraction of sp³-hybridized carbons (Fsp3) is 0.367. The van der Waals surface area contributed by atoms with E-state index in [2.05, 4.69) is 98.5 Å². The maximum Gasteiger partial charge on any atom is 0.225 e. The molecule has 0 atom stereocenters. The first-order chi connectivity index (χ1) is 18.0. The third-order valence-electron chi connectivity index (χ3n) is 6.09. The lowest BCUT2D eigenvalue weighted by atomic mass is 10.1. The Bertz CT molecular complexity index is 1310. The Kier molecular flexibility index (Phi) is 11.5. The van der Waals surface area contributed by atoms with Crippen molar-refractivity contribution < 1.29 is 4.74 Å². The number of hydrogen-bond acceptors (Lipinski definition) is 7. The van der Waals surface area contributed by atoms with Gasteiger partial charge in [-0.05, 0) is 66.4 Å². The molecule has 3 N–H and O–H groups in total. The SMILES string of the molecule is C.Cc1cccc(CCN)c1.Cc1cccc(CCNc2nc(N3CCOCC3)c3ncc(Br)cc3n2)c1. The first kappa shape index (κ1) is 29.5. The molecule has 38 heavy (non-hydrogen) atoms. The van der Waals surface area contributed by atoms with Gasteiger partial charge in [0.1, 0.15) is 5.52 Å². The molecule has 4 aromatic rings. The molecule has 0 unspecified atom stereocenters. The number of nitrogens with two attached hydrogens (primary N) is 1. The lowest BCUT2D eigenvalue weighted by Gasteiger charge is -2.28. The van der Waals surface area contributed by atoms with Crippen molar-refractivity contribution in [1.29, 1.82) is 0 Å². The normalized spacial score (nSPS) is 12.9. The van der Waals surface area contributed by atoms with E-state index in [1.54, 1.807) is 6.20 Å². The highest BCUT2D eigenvalue weighted by Crippen LogP contribution is 2.26. The van der Waals surface area contributed by atoms with Gasteiger partial charge in [-0.15, -0.1) is 0 Å². The van der Waals surface area contributed by atoms with E-state index in [0.717, 1.165) is 60.3 Å². The van der Waals surface area contributed by atoms with Crippen LogP contribution >= 0.6 is 15.9 Å². The van der Waals surface area contributed by atoms with E-state index in [9.17, 15) is 0 Å². The van der Waals surface area contributed by atoms with E-state index in [1.807, 2.05) is 6.07 Å². The number of rotatable bonds is 7. The maximum atomic E-state index is 5.48. The molecule has 2 aromatic carbocycles. The molecule has 0 saturated carbocycles. The number of nitrogens with zero attached hydrogens (tertiary/aromatic N) is 4. The molecule has 1 fully saturated rings.